The van der Waals surface area contributed by atoms with E-state index in [1.165, 1.54) is 17.4 Å². The number of para-hydroxylation sites is 1. The molecule has 0 unspecified atom stereocenters. The molecule has 0 aliphatic rings. The van der Waals surface area contributed by atoms with Gasteiger partial charge in [-0.15, -0.1) is 22.7 Å². The van der Waals surface area contributed by atoms with E-state index in [0.29, 0.717) is 5.13 Å². The van der Waals surface area contributed by atoms with Gasteiger partial charge in [0.25, 0.3) is 0 Å². The molecule has 0 bridgehead atoms. The number of hydrogen-bond acceptors (Lipinski definition) is 5. The summed E-state index contributed by atoms with van der Waals surface area (Å²) < 4.78 is 1.83. The summed E-state index contributed by atoms with van der Waals surface area (Å²) in [6, 6.07) is 13.9. The molecule has 4 rings (SSSR count). The Balaban J connectivity index is 1.64. The van der Waals surface area contributed by atoms with Crippen LogP contribution in [0.4, 0.5) is 5.13 Å². The minimum Gasteiger partial charge on any atom is -0.298 e. The second kappa shape index (κ2) is 7.47. The summed E-state index contributed by atoms with van der Waals surface area (Å²) in [5, 5.41) is 11.9. The van der Waals surface area contributed by atoms with Crippen molar-refractivity contribution in [3.63, 3.8) is 0 Å². The Morgan fingerprint density at radius 3 is 2.69 bits per heavy atom. The van der Waals surface area contributed by atoms with E-state index in [1.54, 1.807) is 23.6 Å². The lowest BCUT2D eigenvalue weighted by molar-refractivity contribution is -0.111. The summed E-state index contributed by atoms with van der Waals surface area (Å²) in [6.07, 6.45) is 6.87. The molecule has 0 radical (unpaired) electrons. The average molecular weight is 378 g/mol. The zero-order valence-corrected chi connectivity index (χ0v) is 15.2. The lowest BCUT2D eigenvalue weighted by Gasteiger charge is -1.99. The first-order valence-electron chi connectivity index (χ1n) is 7.87. The SMILES string of the molecule is O=C(C=Cc1cn(-c2ccccc2)nc1-c1cccs1)Nc1nccs1. The molecule has 1 aromatic carbocycles. The smallest absolute Gasteiger partial charge is 0.250 e. The van der Waals surface area contributed by atoms with Crippen LogP contribution in [0, 0.1) is 0 Å². The van der Waals surface area contributed by atoms with Crippen molar-refractivity contribution in [1.29, 1.82) is 0 Å². The highest BCUT2D eigenvalue weighted by Gasteiger charge is 2.11. The van der Waals surface area contributed by atoms with Gasteiger partial charge in [-0.3, -0.25) is 10.1 Å². The lowest BCUT2D eigenvalue weighted by Crippen LogP contribution is -2.07. The Bertz CT molecular complexity index is 1020. The number of carbonyl (C=O) groups is 1. The molecule has 7 heteroatoms. The van der Waals surface area contributed by atoms with Crippen LogP contribution in [-0.2, 0) is 4.79 Å². The van der Waals surface area contributed by atoms with E-state index < -0.39 is 0 Å². The Labute approximate surface area is 158 Å². The first kappa shape index (κ1) is 16.4. The number of thiazole rings is 1. The number of hydrogen-bond donors (Lipinski definition) is 1. The molecule has 0 aliphatic heterocycles. The van der Waals surface area contributed by atoms with Gasteiger partial charge in [0.2, 0.25) is 5.91 Å². The second-order valence-corrected chi connectivity index (χ2v) is 7.19. The molecule has 0 fully saturated rings. The molecule has 0 saturated heterocycles. The summed E-state index contributed by atoms with van der Waals surface area (Å²) in [6.45, 7) is 0. The normalized spacial score (nSPS) is 11.1. The fourth-order valence-electron chi connectivity index (χ4n) is 2.42. The Morgan fingerprint density at radius 1 is 1.08 bits per heavy atom. The minimum atomic E-state index is -0.218. The molecule has 1 amide bonds. The number of thiophene rings is 1. The molecular weight excluding hydrogens is 364 g/mol. The topological polar surface area (TPSA) is 59.8 Å². The first-order chi connectivity index (χ1) is 12.8. The van der Waals surface area contributed by atoms with Crippen LogP contribution >= 0.6 is 22.7 Å². The summed E-state index contributed by atoms with van der Waals surface area (Å²) in [5.41, 5.74) is 2.70. The Morgan fingerprint density at radius 2 is 1.96 bits per heavy atom. The van der Waals surface area contributed by atoms with E-state index in [1.807, 2.05) is 64.1 Å². The third-order valence-corrected chi connectivity index (χ3v) is 5.16. The van der Waals surface area contributed by atoms with Crippen molar-refractivity contribution in [2.75, 3.05) is 5.32 Å². The van der Waals surface area contributed by atoms with Gasteiger partial charge in [-0.2, -0.15) is 5.10 Å². The molecule has 128 valence electrons. The number of carbonyl (C=O) groups excluding carboxylic acids is 1. The number of aromatic nitrogens is 3. The quantitative estimate of drug-likeness (QED) is 0.512. The van der Waals surface area contributed by atoms with Crippen molar-refractivity contribution in [2.24, 2.45) is 0 Å². The molecule has 26 heavy (non-hydrogen) atoms. The monoisotopic (exact) mass is 378 g/mol. The van der Waals surface area contributed by atoms with Crippen LogP contribution in [0.5, 0.6) is 0 Å². The number of nitrogens with zero attached hydrogens (tertiary/aromatic N) is 3. The Hall–Kier alpha value is -3.03. The zero-order valence-electron chi connectivity index (χ0n) is 13.6. The van der Waals surface area contributed by atoms with E-state index >= 15 is 0 Å². The van der Waals surface area contributed by atoms with Crippen molar-refractivity contribution in [2.45, 2.75) is 0 Å². The van der Waals surface area contributed by atoms with Crippen LogP contribution < -0.4 is 5.32 Å². The molecule has 5 nitrogen and oxygen atoms in total. The van der Waals surface area contributed by atoms with E-state index in [2.05, 4.69) is 10.3 Å². The minimum absolute atomic E-state index is 0.218. The van der Waals surface area contributed by atoms with Crippen LogP contribution in [0.3, 0.4) is 0 Å². The highest BCUT2D eigenvalue weighted by Crippen LogP contribution is 2.28. The van der Waals surface area contributed by atoms with E-state index in [9.17, 15) is 4.79 Å². The zero-order chi connectivity index (χ0) is 17.8. The van der Waals surface area contributed by atoms with Gasteiger partial charge < -0.3 is 0 Å². The number of anilines is 1. The summed E-state index contributed by atoms with van der Waals surface area (Å²) >= 11 is 3.00. The summed E-state index contributed by atoms with van der Waals surface area (Å²) in [4.78, 5) is 17.2. The Kier molecular flexibility index (Phi) is 4.72. The number of rotatable bonds is 5. The maximum atomic E-state index is 12.1. The molecular formula is C19H14N4OS2. The van der Waals surface area contributed by atoms with Crippen LogP contribution in [-0.4, -0.2) is 20.7 Å². The highest BCUT2D eigenvalue weighted by molar-refractivity contribution is 7.14. The number of benzene rings is 1. The van der Waals surface area contributed by atoms with Gasteiger partial charge in [0.15, 0.2) is 5.13 Å². The summed E-state index contributed by atoms with van der Waals surface area (Å²) in [7, 11) is 0. The largest absolute Gasteiger partial charge is 0.298 e. The van der Waals surface area contributed by atoms with Gasteiger partial charge in [-0.05, 0) is 29.7 Å². The number of amides is 1. The first-order valence-corrected chi connectivity index (χ1v) is 9.63. The standard InChI is InChI=1S/C19H14N4OS2/c24-17(21-19-20-10-12-26-19)9-8-14-13-23(15-5-2-1-3-6-15)22-18(14)16-7-4-11-25-16/h1-13H,(H,20,21,24). The van der Waals surface area contributed by atoms with Crippen molar-refractivity contribution in [3.05, 3.63) is 77.3 Å². The van der Waals surface area contributed by atoms with Crippen molar-refractivity contribution < 1.29 is 4.79 Å². The van der Waals surface area contributed by atoms with Crippen LogP contribution in [0.1, 0.15) is 5.56 Å². The van der Waals surface area contributed by atoms with Gasteiger partial charge in [0, 0.05) is 29.4 Å². The van der Waals surface area contributed by atoms with Crippen molar-refractivity contribution in [3.8, 4) is 16.3 Å². The lowest BCUT2D eigenvalue weighted by atomic mass is 10.2. The van der Waals surface area contributed by atoms with Gasteiger partial charge >= 0.3 is 0 Å². The molecule has 1 N–H and O–H groups in total. The molecule has 0 atom stereocenters. The fraction of sp³-hybridized carbons (Fsp3) is 0. The van der Waals surface area contributed by atoms with E-state index in [0.717, 1.165) is 21.8 Å². The van der Waals surface area contributed by atoms with E-state index in [-0.39, 0.29) is 5.91 Å². The summed E-state index contributed by atoms with van der Waals surface area (Å²) in [5.74, 6) is -0.218. The second-order valence-electron chi connectivity index (χ2n) is 5.35. The predicted molar refractivity (Wildman–Crippen MR) is 107 cm³/mol. The average Bonchev–Trinajstić information content (AvgIpc) is 3.41. The molecule has 0 aliphatic carbocycles. The maximum absolute atomic E-state index is 12.1. The number of nitrogens with one attached hydrogen (secondary N) is 1. The van der Waals surface area contributed by atoms with Gasteiger partial charge in [0.05, 0.1) is 10.6 Å². The predicted octanol–water partition coefficient (Wildman–Crippen LogP) is 4.71. The molecule has 0 spiro atoms. The van der Waals surface area contributed by atoms with Crippen LogP contribution in [0.15, 0.2) is 71.7 Å². The van der Waals surface area contributed by atoms with Gasteiger partial charge in [0.1, 0.15) is 5.69 Å². The molecule has 4 aromatic rings. The molecule has 0 saturated carbocycles. The third-order valence-electron chi connectivity index (χ3n) is 3.59. The molecule has 3 aromatic heterocycles. The van der Waals surface area contributed by atoms with E-state index in [4.69, 9.17) is 5.10 Å². The third kappa shape index (κ3) is 3.63. The van der Waals surface area contributed by atoms with Crippen LogP contribution in [0.25, 0.3) is 22.3 Å². The van der Waals surface area contributed by atoms with Crippen molar-refractivity contribution in [1.82, 2.24) is 14.8 Å². The maximum Gasteiger partial charge on any atom is 0.250 e. The van der Waals surface area contributed by atoms with Gasteiger partial charge in [-0.25, -0.2) is 9.67 Å². The van der Waals surface area contributed by atoms with Crippen molar-refractivity contribution >= 4 is 39.8 Å². The highest BCUT2D eigenvalue weighted by atomic mass is 32.1. The molecule has 3 heterocycles. The van der Waals surface area contributed by atoms with Gasteiger partial charge in [-0.1, -0.05) is 24.3 Å². The fourth-order valence-corrected chi connectivity index (χ4v) is 3.69. The van der Waals surface area contributed by atoms with Crippen LogP contribution in [0.2, 0.25) is 0 Å².